The predicted molar refractivity (Wildman–Crippen MR) is 168 cm³/mol. The van der Waals surface area contributed by atoms with Crippen molar-refractivity contribution >= 4 is 22.3 Å². The number of anilines is 2. The minimum Gasteiger partial charge on any atom is -0.497 e. The maximum absolute atomic E-state index is 14.6. The van der Waals surface area contributed by atoms with Crippen LogP contribution in [-0.2, 0) is 13.5 Å². The molecular weight excluding hydrogens is 555 g/mol. The zero-order valence-electron chi connectivity index (χ0n) is 25.9. The van der Waals surface area contributed by atoms with E-state index in [0.717, 1.165) is 72.2 Å². The fraction of sp³-hybridized carbons (Fsp3) is 0.455. The van der Waals surface area contributed by atoms with E-state index in [1.54, 1.807) is 37.9 Å². The fourth-order valence-corrected chi connectivity index (χ4v) is 6.09. The van der Waals surface area contributed by atoms with Crippen molar-refractivity contribution in [3.05, 3.63) is 69.8 Å². The monoisotopic (exact) mass is 597 g/mol. The first-order valence-corrected chi connectivity index (χ1v) is 14.9. The summed E-state index contributed by atoms with van der Waals surface area (Å²) >= 11 is 0. The zero-order chi connectivity index (χ0) is 31.3. The van der Waals surface area contributed by atoms with Crippen LogP contribution in [0.2, 0.25) is 0 Å². The number of pyridine rings is 1. The van der Waals surface area contributed by atoms with E-state index in [4.69, 9.17) is 4.74 Å². The van der Waals surface area contributed by atoms with Crippen LogP contribution in [0, 0.1) is 6.92 Å². The summed E-state index contributed by atoms with van der Waals surface area (Å²) in [5, 5.41) is 8.80. The third-order valence-corrected chi connectivity index (χ3v) is 8.20. The van der Waals surface area contributed by atoms with Crippen LogP contribution < -0.4 is 20.5 Å². The molecule has 4 aromatic rings. The van der Waals surface area contributed by atoms with E-state index < -0.39 is 6.43 Å². The van der Waals surface area contributed by atoms with Gasteiger partial charge in [-0.2, -0.15) is 5.10 Å². The molecule has 0 amide bonds. The van der Waals surface area contributed by atoms with Gasteiger partial charge >= 0.3 is 0 Å². The third-order valence-electron chi connectivity index (χ3n) is 8.20. The highest BCUT2D eigenvalue weighted by Crippen LogP contribution is 2.44. The van der Waals surface area contributed by atoms with Crippen molar-refractivity contribution in [2.45, 2.75) is 58.9 Å². The number of aryl methyl sites for hydroxylation is 3. The molecule has 0 spiro atoms. The van der Waals surface area contributed by atoms with E-state index in [2.05, 4.69) is 15.3 Å². The molecule has 4 heterocycles. The lowest BCUT2D eigenvalue weighted by Gasteiger charge is -2.34. The fourth-order valence-electron chi connectivity index (χ4n) is 6.09. The second kappa shape index (κ2) is 14.1. The standard InChI is InChI=1S/C30H33F2N5O2.C2H6.CH3F/c1-18-11-25-27(35(2)30(18)38)13-22(39-3)14-28(25)36-10-4-5-19-12-23(24(29(31)32)15-26(19)36)20-16-34-37(17-20)21-6-8-33-9-7-21;2*1-2/h11-17,21,29,33H,4-10H2,1-3H3;1-2H3;1H3. The van der Waals surface area contributed by atoms with Crippen molar-refractivity contribution in [1.82, 2.24) is 19.7 Å². The van der Waals surface area contributed by atoms with Gasteiger partial charge in [0.2, 0.25) is 0 Å². The second-order valence-corrected chi connectivity index (χ2v) is 10.6. The number of rotatable bonds is 5. The van der Waals surface area contributed by atoms with Crippen LogP contribution in [0.5, 0.6) is 5.75 Å². The van der Waals surface area contributed by atoms with Crippen LogP contribution >= 0.6 is 0 Å². The molecule has 232 valence electrons. The molecule has 2 aromatic carbocycles. The Morgan fingerprint density at radius 2 is 1.77 bits per heavy atom. The van der Waals surface area contributed by atoms with Gasteiger partial charge in [-0.25, -0.2) is 8.78 Å². The van der Waals surface area contributed by atoms with Crippen molar-refractivity contribution in [2.24, 2.45) is 7.05 Å². The Labute approximate surface area is 251 Å². The number of hydrogen-bond donors (Lipinski definition) is 1. The molecule has 0 bridgehead atoms. The van der Waals surface area contributed by atoms with Crippen LogP contribution in [0.25, 0.3) is 22.0 Å². The molecule has 0 saturated carbocycles. The van der Waals surface area contributed by atoms with Crippen molar-refractivity contribution in [2.75, 3.05) is 38.8 Å². The molecule has 2 aliphatic heterocycles. The second-order valence-electron chi connectivity index (χ2n) is 10.6. The highest BCUT2D eigenvalue weighted by Gasteiger charge is 2.27. The Morgan fingerprint density at radius 1 is 1.05 bits per heavy atom. The summed E-state index contributed by atoms with van der Waals surface area (Å²) in [4.78, 5) is 14.8. The smallest absolute Gasteiger partial charge is 0.264 e. The minimum atomic E-state index is -2.64. The Hall–Kier alpha value is -3.79. The average Bonchev–Trinajstić information content (AvgIpc) is 3.55. The van der Waals surface area contributed by atoms with Crippen LogP contribution in [0.4, 0.5) is 24.5 Å². The molecule has 0 aliphatic carbocycles. The van der Waals surface area contributed by atoms with Crippen molar-refractivity contribution in [1.29, 1.82) is 0 Å². The van der Waals surface area contributed by atoms with Crippen LogP contribution in [0.1, 0.15) is 62.3 Å². The number of hydrogen-bond acceptors (Lipinski definition) is 5. The normalized spacial score (nSPS) is 15.0. The number of alkyl halides is 3. The van der Waals surface area contributed by atoms with Gasteiger partial charge in [-0.05, 0) is 75.0 Å². The lowest BCUT2D eigenvalue weighted by Crippen LogP contribution is -2.29. The van der Waals surface area contributed by atoms with Crippen molar-refractivity contribution in [3.63, 3.8) is 0 Å². The Balaban J connectivity index is 0.00000102. The Bertz CT molecular complexity index is 1610. The van der Waals surface area contributed by atoms with E-state index in [9.17, 15) is 18.0 Å². The topological polar surface area (TPSA) is 64.3 Å². The summed E-state index contributed by atoms with van der Waals surface area (Å²) in [6, 6.07) is 9.52. The number of nitrogens with zero attached hydrogens (tertiary/aromatic N) is 4. The van der Waals surface area contributed by atoms with Crippen LogP contribution in [0.3, 0.4) is 0 Å². The minimum absolute atomic E-state index is 0.00120. The molecular formula is C33H42F3N5O2. The maximum atomic E-state index is 14.6. The van der Waals surface area contributed by atoms with Gasteiger partial charge in [0.15, 0.2) is 0 Å². The molecule has 6 rings (SSSR count). The summed E-state index contributed by atoms with van der Waals surface area (Å²) in [6.07, 6.45) is 4.62. The van der Waals surface area contributed by atoms with E-state index in [0.29, 0.717) is 30.6 Å². The number of benzene rings is 2. The number of halogens is 3. The summed E-state index contributed by atoms with van der Waals surface area (Å²) < 4.78 is 47.8. The van der Waals surface area contributed by atoms with E-state index in [1.165, 1.54) is 0 Å². The zero-order valence-corrected chi connectivity index (χ0v) is 25.9. The molecule has 43 heavy (non-hydrogen) atoms. The molecule has 0 radical (unpaired) electrons. The van der Waals surface area contributed by atoms with E-state index in [1.807, 2.05) is 49.0 Å². The largest absolute Gasteiger partial charge is 0.497 e. The van der Waals surface area contributed by atoms with Gasteiger partial charge in [0.1, 0.15) is 5.75 Å². The number of nitrogens with one attached hydrogen (secondary N) is 1. The third kappa shape index (κ3) is 6.30. The van der Waals surface area contributed by atoms with Gasteiger partial charge in [0.25, 0.3) is 12.0 Å². The van der Waals surface area contributed by atoms with Crippen LogP contribution in [0.15, 0.2) is 47.5 Å². The first-order chi connectivity index (χ1) is 20.9. The highest BCUT2D eigenvalue weighted by atomic mass is 19.3. The highest BCUT2D eigenvalue weighted by molar-refractivity contribution is 5.96. The molecule has 1 saturated heterocycles. The lowest BCUT2D eigenvalue weighted by molar-refractivity contribution is 0.152. The number of ether oxygens (including phenoxy) is 1. The first-order valence-electron chi connectivity index (χ1n) is 14.9. The van der Waals surface area contributed by atoms with Gasteiger partial charge in [0.05, 0.1) is 37.7 Å². The van der Waals surface area contributed by atoms with Gasteiger partial charge < -0.3 is 19.5 Å². The Kier molecular flexibility index (Phi) is 10.6. The van der Waals surface area contributed by atoms with Crippen molar-refractivity contribution in [3.8, 4) is 16.9 Å². The first kappa shape index (κ1) is 32.1. The number of fused-ring (bicyclic) bond motifs is 2. The summed E-state index contributed by atoms with van der Waals surface area (Å²) in [5.41, 5.74) is 5.19. The quantitative estimate of drug-likeness (QED) is 0.262. The average molecular weight is 598 g/mol. The molecule has 2 aliphatic rings. The number of piperidine rings is 1. The SMILES string of the molecule is CC.CF.COc1cc(N2CCCc3cc(-c4cnn(C5CCNCC5)c4)c(C(F)F)cc32)c2cc(C)c(=O)n(C)c2c1. The maximum Gasteiger partial charge on any atom is 0.264 e. The molecule has 10 heteroatoms. The predicted octanol–water partition coefficient (Wildman–Crippen LogP) is 7.28. The van der Waals surface area contributed by atoms with Gasteiger partial charge in [-0.15, -0.1) is 0 Å². The summed E-state index contributed by atoms with van der Waals surface area (Å²) in [6.45, 7) is 8.34. The summed E-state index contributed by atoms with van der Waals surface area (Å²) in [7, 11) is 3.84. The number of aromatic nitrogens is 3. The lowest BCUT2D eigenvalue weighted by atomic mass is 9.92. The Morgan fingerprint density at radius 3 is 2.44 bits per heavy atom. The summed E-state index contributed by atoms with van der Waals surface area (Å²) in [5.74, 6) is 0.611. The molecule has 0 atom stereocenters. The molecule has 0 unspecified atom stereocenters. The molecule has 1 fully saturated rings. The van der Waals surface area contributed by atoms with Crippen LogP contribution in [-0.4, -0.2) is 48.3 Å². The molecule has 1 N–H and O–H groups in total. The van der Waals surface area contributed by atoms with E-state index >= 15 is 0 Å². The van der Waals surface area contributed by atoms with E-state index in [-0.39, 0.29) is 17.2 Å². The van der Waals surface area contributed by atoms with Gasteiger partial charge in [0, 0.05) is 59.7 Å². The molecule has 7 nitrogen and oxygen atoms in total. The van der Waals surface area contributed by atoms with Gasteiger partial charge in [-0.3, -0.25) is 13.9 Å². The van der Waals surface area contributed by atoms with Crippen molar-refractivity contribution < 1.29 is 17.9 Å². The number of methoxy groups -OCH3 is 1. The molecule has 2 aromatic heterocycles. The van der Waals surface area contributed by atoms with Gasteiger partial charge in [-0.1, -0.05) is 13.8 Å².